The Morgan fingerprint density at radius 2 is 2.28 bits per heavy atom. The van der Waals surface area contributed by atoms with Gasteiger partial charge >= 0.3 is 0 Å². The van der Waals surface area contributed by atoms with Crippen LogP contribution in [0.1, 0.15) is 30.9 Å². The van der Waals surface area contributed by atoms with Crippen molar-refractivity contribution in [2.45, 2.75) is 25.3 Å². The molecule has 1 aromatic carbocycles. The average molecular weight is 251 g/mol. The smallest absolute Gasteiger partial charge is 0.127 e. The number of nitrogens with one attached hydrogen (secondary N) is 1. The van der Waals surface area contributed by atoms with E-state index < -0.39 is 0 Å². The zero-order valence-electron chi connectivity index (χ0n) is 10.8. The lowest BCUT2D eigenvalue weighted by Crippen LogP contribution is -2.23. The topological polar surface area (TPSA) is 50.7 Å². The molecule has 0 saturated carbocycles. The molecule has 0 fully saturated rings. The number of methoxy groups -OCH3 is 1. The molecule has 0 radical (unpaired) electrons. The second-order valence-corrected chi connectivity index (χ2v) is 4.59. The fourth-order valence-corrected chi connectivity index (χ4v) is 2.19. The van der Waals surface area contributed by atoms with Crippen molar-refractivity contribution in [2.24, 2.45) is 0 Å². The van der Waals surface area contributed by atoms with E-state index in [2.05, 4.69) is 5.32 Å². The number of rotatable bonds is 7. The van der Waals surface area contributed by atoms with Crippen molar-refractivity contribution in [1.82, 2.24) is 5.32 Å². The third-order valence-electron chi connectivity index (χ3n) is 3.19. The number of phenolic OH excluding ortho intramolecular Hbond substituents is 1. The molecular weight excluding hydrogens is 230 g/mol. The molecule has 18 heavy (non-hydrogen) atoms. The molecule has 0 aromatic heterocycles. The number of aromatic hydroxyl groups is 1. The number of phenols is 1. The van der Waals surface area contributed by atoms with Gasteiger partial charge in [-0.25, -0.2) is 0 Å². The summed E-state index contributed by atoms with van der Waals surface area (Å²) in [5, 5.41) is 12.9. The van der Waals surface area contributed by atoms with Gasteiger partial charge in [-0.15, -0.1) is 0 Å². The molecule has 2 N–H and O–H groups in total. The normalized spacial score (nSPS) is 17.5. The highest BCUT2D eigenvalue weighted by Crippen LogP contribution is 2.34. The van der Waals surface area contributed by atoms with E-state index >= 15 is 0 Å². The molecule has 1 aliphatic rings. The zero-order chi connectivity index (χ0) is 12.8. The highest BCUT2D eigenvalue weighted by atomic mass is 16.5. The molecule has 4 heteroatoms. The van der Waals surface area contributed by atoms with E-state index in [1.807, 2.05) is 6.07 Å². The Labute approximate surface area is 108 Å². The summed E-state index contributed by atoms with van der Waals surface area (Å²) in [6, 6.07) is 5.57. The molecule has 0 saturated heterocycles. The lowest BCUT2D eigenvalue weighted by atomic mass is 10.1. The van der Waals surface area contributed by atoms with Crippen LogP contribution in [0.25, 0.3) is 0 Å². The molecule has 0 aliphatic carbocycles. The van der Waals surface area contributed by atoms with Crippen LogP contribution in [0.2, 0.25) is 0 Å². The van der Waals surface area contributed by atoms with E-state index in [1.54, 1.807) is 19.2 Å². The lowest BCUT2D eigenvalue weighted by molar-refractivity contribution is 0.192. The van der Waals surface area contributed by atoms with Crippen LogP contribution in [-0.4, -0.2) is 32.0 Å². The summed E-state index contributed by atoms with van der Waals surface area (Å²) in [6.45, 7) is 2.48. The van der Waals surface area contributed by atoms with Crippen molar-refractivity contribution >= 4 is 0 Å². The Morgan fingerprint density at radius 3 is 3.11 bits per heavy atom. The first-order valence-corrected chi connectivity index (χ1v) is 6.49. The fourth-order valence-electron chi connectivity index (χ4n) is 2.19. The van der Waals surface area contributed by atoms with Crippen molar-refractivity contribution in [3.05, 3.63) is 23.8 Å². The Bertz CT molecular complexity index is 381. The minimum atomic E-state index is 0.253. The number of ether oxygens (including phenoxy) is 2. The molecule has 2 rings (SSSR count). The van der Waals surface area contributed by atoms with Gasteiger partial charge in [-0.1, -0.05) is 0 Å². The molecule has 1 unspecified atom stereocenters. The van der Waals surface area contributed by atoms with E-state index in [1.165, 1.54) is 6.42 Å². The van der Waals surface area contributed by atoms with E-state index in [4.69, 9.17) is 9.47 Å². The van der Waals surface area contributed by atoms with Crippen LogP contribution in [0.4, 0.5) is 0 Å². The van der Waals surface area contributed by atoms with Crippen LogP contribution in [0, 0.1) is 0 Å². The quantitative estimate of drug-likeness (QED) is 0.730. The SMILES string of the molecule is COCCCCCNC1COc2cc(O)ccc21. The maximum Gasteiger partial charge on any atom is 0.127 e. The van der Waals surface area contributed by atoms with Crippen LogP contribution in [0.3, 0.4) is 0 Å². The lowest BCUT2D eigenvalue weighted by Gasteiger charge is -2.11. The molecule has 100 valence electrons. The second-order valence-electron chi connectivity index (χ2n) is 4.59. The van der Waals surface area contributed by atoms with Gasteiger partial charge in [0.05, 0.1) is 6.04 Å². The predicted molar refractivity (Wildman–Crippen MR) is 70.1 cm³/mol. The second kappa shape index (κ2) is 6.61. The maximum atomic E-state index is 9.37. The van der Waals surface area contributed by atoms with Crippen molar-refractivity contribution < 1.29 is 14.6 Å². The molecule has 1 atom stereocenters. The van der Waals surface area contributed by atoms with Crippen LogP contribution in [0.5, 0.6) is 11.5 Å². The molecule has 4 nitrogen and oxygen atoms in total. The predicted octanol–water partition coefficient (Wildman–Crippen LogP) is 2.23. The number of hydrogen-bond acceptors (Lipinski definition) is 4. The number of benzene rings is 1. The zero-order valence-corrected chi connectivity index (χ0v) is 10.8. The van der Waals surface area contributed by atoms with Gasteiger partial charge in [-0.2, -0.15) is 0 Å². The largest absolute Gasteiger partial charge is 0.508 e. The van der Waals surface area contributed by atoms with Crippen LogP contribution < -0.4 is 10.1 Å². The number of unbranched alkanes of at least 4 members (excludes halogenated alkanes) is 2. The van der Waals surface area contributed by atoms with Gasteiger partial charge in [0.1, 0.15) is 18.1 Å². The van der Waals surface area contributed by atoms with Gasteiger partial charge in [-0.05, 0) is 37.9 Å². The Hall–Kier alpha value is -1.26. The molecule has 0 amide bonds. The molecule has 1 aromatic rings. The van der Waals surface area contributed by atoms with Gasteiger partial charge in [0.15, 0.2) is 0 Å². The fraction of sp³-hybridized carbons (Fsp3) is 0.571. The van der Waals surface area contributed by atoms with E-state index in [9.17, 15) is 5.11 Å². The Kier molecular flexibility index (Phi) is 4.84. The summed E-state index contributed by atoms with van der Waals surface area (Å²) in [6.07, 6.45) is 3.44. The highest BCUT2D eigenvalue weighted by Gasteiger charge is 2.23. The van der Waals surface area contributed by atoms with Crippen molar-refractivity contribution in [3.8, 4) is 11.5 Å². The van der Waals surface area contributed by atoms with Crippen molar-refractivity contribution in [1.29, 1.82) is 0 Å². The minimum Gasteiger partial charge on any atom is -0.508 e. The number of hydrogen-bond donors (Lipinski definition) is 2. The summed E-state index contributed by atoms with van der Waals surface area (Å²) in [5.41, 5.74) is 1.14. The monoisotopic (exact) mass is 251 g/mol. The Balaban J connectivity index is 1.73. The summed E-state index contributed by atoms with van der Waals surface area (Å²) in [4.78, 5) is 0. The van der Waals surface area contributed by atoms with Crippen LogP contribution in [0.15, 0.2) is 18.2 Å². The first-order valence-electron chi connectivity index (χ1n) is 6.49. The summed E-state index contributed by atoms with van der Waals surface area (Å²) in [7, 11) is 1.74. The third-order valence-corrected chi connectivity index (χ3v) is 3.19. The minimum absolute atomic E-state index is 0.253. The molecule has 1 heterocycles. The van der Waals surface area contributed by atoms with Crippen LogP contribution in [-0.2, 0) is 4.74 Å². The number of fused-ring (bicyclic) bond motifs is 1. The summed E-state index contributed by atoms with van der Waals surface area (Å²) < 4.78 is 10.6. The summed E-state index contributed by atoms with van der Waals surface area (Å²) in [5.74, 6) is 1.06. The standard InChI is InChI=1S/C14H21NO3/c1-17-8-4-2-3-7-15-13-10-18-14-9-11(16)5-6-12(13)14/h5-6,9,13,15-16H,2-4,7-8,10H2,1H3. The molecule has 0 spiro atoms. The van der Waals surface area contributed by atoms with Gasteiger partial charge in [0.2, 0.25) is 0 Å². The van der Waals surface area contributed by atoms with E-state index in [0.29, 0.717) is 6.61 Å². The van der Waals surface area contributed by atoms with Gasteiger partial charge in [0.25, 0.3) is 0 Å². The maximum absolute atomic E-state index is 9.37. The van der Waals surface area contributed by atoms with Crippen LogP contribution >= 0.6 is 0 Å². The third kappa shape index (κ3) is 3.37. The molecular formula is C14H21NO3. The van der Waals surface area contributed by atoms with Gasteiger partial charge in [0, 0.05) is 25.3 Å². The highest BCUT2D eigenvalue weighted by molar-refractivity contribution is 5.44. The first kappa shape index (κ1) is 13.2. The van der Waals surface area contributed by atoms with Gasteiger partial charge in [-0.3, -0.25) is 0 Å². The Morgan fingerprint density at radius 1 is 1.39 bits per heavy atom. The average Bonchev–Trinajstić information content (AvgIpc) is 2.76. The first-order chi connectivity index (χ1) is 8.81. The van der Waals surface area contributed by atoms with E-state index in [-0.39, 0.29) is 11.8 Å². The molecule has 0 bridgehead atoms. The summed E-state index contributed by atoms with van der Waals surface area (Å²) >= 11 is 0. The van der Waals surface area contributed by atoms with Crippen molar-refractivity contribution in [2.75, 3.05) is 26.9 Å². The van der Waals surface area contributed by atoms with Gasteiger partial charge < -0.3 is 19.9 Å². The van der Waals surface area contributed by atoms with Crippen molar-refractivity contribution in [3.63, 3.8) is 0 Å². The van der Waals surface area contributed by atoms with E-state index in [0.717, 1.165) is 37.3 Å². The molecule has 1 aliphatic heterocycles.